The van der Waals surface area contributed by atoms with Crippen LogP contribution in [0.5, 0.6) is 0 Å². The lowest BCUT2D eigenvalue weighted by Crippen LogP contribution is -2.17. The van der Waals surface area contributed by atoms with Crippen LogP contribution in [0.4, 0.5) is 5.95 Å². The summed E-state index contributed by atoms with van der Waals surface area (Å²) in [6.45, 7) is 4.92. The van der Waals surface area contributed by atoms with Crippen LogP contribution in [0.1, 0.15) is 34.6 Å². The van der Waals surface area contributed by atoms with Crippen molar-refractivity contribution in [1.29, 1.82) is 0 Å². The molecule has 110 valence electrons. The van der Waals surface area contributed by atoms with Crippen molar-refractivity contribution in [1.82, 2.24) is 9.55 Å². The maximum Gasteiger partial charge on any atom is 0.335 e. The highest BCUT2D eigenvalue weighted by molar-refractivity contribution is 6.03. The second-order valence-electron chi connectivity index (χ2n) is 5.13. The summed E-state index contributed by atoms with van der Waals surface area (Å²) in [5.74, 6) is -0.418. The molecule has 6 nitrogen and oxygen atoms in total. The summed E-state index contributed by atoms with van der Waals surface area (Å²) in [6, 6.07) is 5.76. The van der Waals surface area contributed by atoms with Crippen LogP contribution >= 0.6 is 0 Å². The fourth-order valence-corrected chi connectivity index (χ4v) is 1.91. The molecule has 0 spiro atoms. The SMILES string of the molecule is CC(C)Cn1ccnc1NC(=O)c1ccc(C(=O)O)cc1. The third-order valence-electron chi connectivity index (χ3n) is 2.90. The highest BCUT2D eigenvalue weighted by Gasteiger charge is 2.11. The van der Waals surface area contributed by atoms with E-state index in [9.17, 15) is 9.59 Å². The first-order valence-corrected chi connectivity index (χ1v) is 6.63. The minimum atomic E-state index is -1.02. The van der Waals surface area contributed by atoms with Crippen molar-refractivity contribution in [3.63, 3.8) is 0 Å². The Hall–Kier alpha value is -2.63. The Balaban J connectivity index is 2.11. The number of carboxylic acid groups (broad SMARTS) is 1. The van der Waals surface area contributed by atoms with Crippen LogP contribution in [-0.2, 0) is 6.54 Å². The van der Waals surface area contributed by atoms with Crippen molar-refractivity contribution in [2.75, 3.05) is 5.32 Å². The van der Waals surface area contributed by atoms with Gasteiger partial charge in [-0.05, 0) is 30.2 Å². The number of nitrogens with zero attached hydrogens (tertiary/aromatic N) is 2. The Morgan fingerprint density at radius 2 is 1.86 bits per heavy atom. The number of aromatic carboxylic acids is 1. The first-order chi connectivity index (χ1) is 9.97. The molecule has 2 aromatic rings. The van der Waals surface area contributed by atoms with Gasteiger partial charge in [0.2, 0.25) is 5.95 Å². The summed E-state index contributed by atoms with van der Waals surface area (Å²) in [5.41, 5.74) is 0.534. The first kappa shape index (κ1) is 14.8. The molecule has 1 aromatic heterocycles. The Morgan fingerprint density at radius 3 is 2.43 bits per heavy atom. The van der Waals surface area contributed by atoms with Crippen molar-refractivity contribution >= 4 is 17.8 Å². The molecule has 0 unspecified atom stereocenters. The Kier molecular flexibility index (Phi) is 4.37. The fourth-order valence-electron chi connectivity index (χ4n) is 1.91. The van der Waals surface area contributed by atoms with Gasteiger partial charge in [-0.15, -0.1) is 0 Å². The van der Waals surface area contributed by atoms with Gasteiger partial charge in [-0.3, -0.25) is 10.1 Å². The van der Waals surface area contributed by atoms with Crippen LogP contribution in [0.15, 0.2) is 36.7 Å². The Labute approximate surface area is 122 Å². The number of carbonyl (C=O) groups excluding carboxylic acids is 1. The number of hydrogen-bond acceptors (Lipinski definition) is 3. The van der Waals surface area contributed by atoms with E-state index in [0.29, 0.717) is 17.4 Å². The van der Waals surface area contributed by atoms with Gasteiger partial charge in [-0.2, -0.15) is 0 Å². The number of benzene rings is 1. The second-order valence-corrected chi connectivity index (χ2v) is 5.13. The number of imidazole rings is 1. The van der Waals surface area contributed by atoms with Crippen LogP contribution in [0.3, 0.4) is 0 Å². The lowest BCUT2D eigenvalue weighted by atomic mass is 10.1. The van der Waals surface area contributed by atoms with Gasteiger partial charge in [0, 0.05) is 24.5 Å². The zero-order chi connectivity index (χ0) is 15.4. The van der Waals surface area contributed by atoms with E-state index < -0.39 is 5.97 Å². The van der Waals surface area contributed by atoms with Crippen molar-refractivity contribution in [2.24, 2.45) is 5.92 Å². The largest absolute Gasteiger partial charge is 0.478 e. The van der Waals surface area contributed by atoms with Crippen LogP contribution < -0.4 is 5.32 Å². The van der Waals surface area contributed by atoms with Crippen LogP contribution in [-0.4, -0.2) is 26.5 Å². The van der Waals surface area contributed by atoms with E-state index in [0.717, 1.165) is 6.54 Å². The van der Waals surface area contributed by atoms with E-state index in [4.69, 9.17) is 5.11 Å². The van der Waals surface area contributed by atoms with Gasteiger partial charge in [-0.25, -0.2) is 9.78 Å². The monoisotopic (exact) mass is 287 g/mol. The zero-order valence-electron chi connectivity index (χ0n) is 11.9. The third-order valence-corrected chi connectivity index (χ3v) is 2.90. The summed E-state index contributed by atoms with van der Waals surface area (Å²) in [4.78, 5) is 27.0. The number of anilines is 1. The number of aromatic nitrogens is 2. The number of amides is 1. The summed E-state index contributed by atoms with van der Waals surface area (Å²) < 4.78 is 1.87. The minimum absolute atomic E-state index is 0.146. The topological polar surface area (TPSA) is 84.2 Å². The standard InChI is InChI=1S/C15H17N3O3/c1-10(2)9-18-8-7-16-15(18)17-13(19)11-3-5-12(6-4-11)14(20)21/h3-8,10H,9H2,1-2H3,(H,20,21)(H,16,17,19). The normalized spacial score (nSPS) is 10.6. The number of carboxylic acids is 1. The molecule has 1 amide bonds. The molecule has 2 rings (SSSR count). The maximum atomic E-state index is 12.1. The van der Waals surface area contributed by atoms with Crippen molar-refractivity contribution < 1.29 is 14.7 Å². The van der Waals surface area contributed by atoms with Gasteiger partial charge in [0.25, 0.3) is 5.91 Å². The van der Waals surface area contributed by atoms with E-state index in [1.807, 2.05) is 10.8 Å². The first-order valence-electron chi connectivity index (χ1n) is 6.63. The molecule has 0 radical (unpaired) electrons. The highest BCUT2D eigenvalue weighted by atomic mass is 16.4. The molecule has 1 aromatic carbocycles. The number of rotatable bonds is 5. The van der Waals surface area contributed by atoms with E-state index in [2.05, 4.69) is 24.1 Å². The van der Waals surface area contributed by atoms with E-state index in [-0.39, 0.29) is 11.5 Å². The fraction of sp³-hybridized carbons (Fsp3) is 0.267. The molecule has 0 fully saturated rings. The molecule has 0 aliphatic rings. The molecule has 21 heavy (non-hydrogen) atoms. The molecular weight excluding hydrogens is 270 g/mol. The van der Waals surface area contributed by atoms with E-state index in [1.165, 1.54) is 24.3 Å². The van der Waals surface area contributed by atoms with Crippen LogP contribution in [0.2, 0.25) is 0 Å². The van der Waals surface area contributed by atoms with Crippen molar-refractivity contribution in [3.05, 3.63) is 47.8 Å². The zero-order valence-corrected chi connectivity index (χ0v) is 11.9. The molecule has 0 aliphatic heterocycles. The Morgan fingerprint density at radius 1 is 1.24 bits per heavy atom. The molecule has 1 heterocycles. The molecule has 0 atom stereocenters. The lowest BCUT2D eigenvalue weighted by molar-refractivity contribution is 0.0696. The second kappa shape index (κ2) is 6.21. The van der Waals surface area contributed by atoms with Crippen LogP contribution in [0.25, 0.3) is 0 Å². The number of nitrogens with one attached hydrogen (secondary N) is 1. The van der Waals surface area contributed by atoms with E-state index in [1.54, 1.807) is 6.20 Å². The predicted molar refractivity (Wildman–Crippen MR) is 78.4 cm³/mol. The molecular formula is C15H17N3O3. The lowest BCUT2D eigenvalue weighted by Gasteiger charge is -2.11. The average Bonchev–Trinajstić information content (AvgIpc) is 2.85. The van der Waals surface area contributed by atoms with Gasteiger partial charge in [0.1, 0.15) is 0 Å². The maximum absolute atomic E-state index is 12.1. The quantitative estimate of drug-likeness (QED) is 0.884. The molecule has 0 saturated carbocycles. The highest BCUT2D eigenvalue weighted by Crippen LogP contribution is 2.11. The molecule has 6 heteroatoms. The van der Waals surface area contributed by atoms with Gasteiger partial charge in [-0.1, -0.05) is 13.8 Å². The molecule has 0 bridgehead atoms. The molecule has 0 aliphatic carbocycles. The predicted octanol–water partition coefficient (Wildman–Crippen LogP) is 2.49. The molecule has 2 N–H and O–H groups in total. The van der Waals surface area contributed by atoms with Gasteiger partial charge >= 0.3 is 5.97 Å². The van der Waals surface area contributed by atoms with Crippen molar-refractivity contribution in [3.8, 4) is 0 Å². The van der Waals surface area contributed by atoms with Gasteiger partial charge in [0.15, 0.2) is 0 Å². The third kappa shape index (κ3) is 3.68. The van der Waals surface area contributed by atoms with Crippen LogP contribution in [0, 0.1) is 5.92 Å². The molecule has 0 saturated heterocycles. The summed E-state index contributed by atoms with van der Waals surface area (Å²) >= 11 is 0. The number of carbonyl (C=O) groups is 2. The summed E-state index contributed by atoms with van der Waals surface area (Å²) in [6.07, 6.45) is 3.44. The summed E-state index contributed by atoms with van der Waals surface area (Å²) in [7, 11) is 0. The summed E-state index contributed by atoms with van der Waals surface area (Å²) in [5, 5.41) is 11.6. The van der Waals surface area contributed by atoms with Crippen molar-refractivity contribution in [2.45, 2.75) is 20.4 Å². The average molecular weight is 287 g/mol. The smallest absolute Gasteiger partial charge is 0.335 e. The minimum Gasteiger partial charge on any atom is -0.478 e. The van der Waals surface area contributed by atoms with Gasteiger partial charge in [0.05, 0.1) is 5.56 Å². The van der Waals surface area contributed by atoms with Gasteiger partial charge < -0.3 is 9.67 Å². The number of hydrogen-bond donors (Lipinski definition) is 2. The van der Waals surface area contributed by atoms with E-state index >= 15 is 0 Å². The Bertz CT molecular complexity index is 644.